The van der Waals surface area contributed by atoms with E-state index in [-0.39, 0.29) is 11.9 Å². The number of hydrogen-bond acceptors (Lipinski definition) is 5. The summed E-state index contributed by atoms with van der Waals surface area (Å²) >= 11 is 3.22. The van der Waals surface area contributed by atoms with Gasteiger partial charge in [0.15, 0.2) is 0 Å². The van der Waals surface area contributed by atoms with Crippen molar-refractivity contribution in [2.45, 2.75) is 56.5 Å². The predicted molar refractivity (Wildman–Crippen MR) is 109 cm³/mol. The number of rotatable bonds is 4. The van der Waals surface area contributed by atoms with Crippen molar-refractivity contribution in [3.63, 3.8) is 0 Å². The molecule has 0 fully saturated rings. The van der Waals surface area contributed by atoms with Crippen molar-refractivity contribution in [1.29, 1.82) is 5.26 Å². The summed E-state index contributed by atoms with van der Waals surface area (Å²) in [6.45, 7) is 2.93. The number of nitriles is 1. The molecule has 2 aliphatic rings. The number of carbonyl (C=O) groups is 1. The minimum atomic E-state index is 0.145. The van der Waals surface area contributed by atoms with E-state index in [0.717, 1.165) is 44.3 Å². The summed E-state index contributed by atoms with van der Waals surface area (Å²) in [5.74, 6) is 0.489. The Morgan fingerprint density at radius 3 is 3.07 bits per heavy atom. The minimum Gasteiger partial charge on any atom is -0.335 e. The second-order valence-corrected chi connectivity index (χ2v) is 9.08. The summed E-state index contributed by atoms with van der Waals surface area (Å²) in [6, 6.07) is 6.61. The molecule has 1 amide bonds. The first-order valence-corrected chi connectivity index (χ1v) is 11.5. The van der Waals surface area contributed by atoms with Gasteiger partial charge in [0.1, 0.15) is 11.1 Å². The zero-order valence-corrected chi connectivity index (χ0v) is 17.2. The highest BCUT2D eigenvalue weighted by Crippen LogP contribution is 2.36. The lowest BCUT2D eigenvalue weighted by atomic mass is 9.95. The molecule has 4 rings (SSSR count). The SMILES string of the molecule is CCC1c2ccsc2CCN1C(=O)CSc1nc2c(cc1C#N)CCCC2. The van der Waals surface area contributed by atoms with E-state index in [1.54, 1.807) is 11.3 Å². The van der Waals surface area contributed by atoms with Crippen molar-refractivity contribution in [1.82, 2.24) is 9.88 Å². The fourth-order valence-corrected chi connectivity index (χ4v) is 5.94. The van der Waals surface area contributed by atoms with Crippen LogP contribution in [0.4, 0.5) is 0 Å². The number of fused-ring (bicyclic) bond motifs is 2. The maximum Gasteiger partial charge on any atom is 0.233 e. The standard InChI is InChI=1S/C21H23N3OS2/c1-2-18-16-8-10-26-19(16)7-9-24(18)20(25)13-27-21-15(12-22)11-14-5-3-4-6-17(14)23-21/h8,10-11,18H,2-7,9,13H2,1H3. The Morgan fingerprint density at radius 2 is 2.26 bits per heavy atom. The monoisotopic (exact) mass is 397 g/mol. The Kier molecular flexibility index (Phi) is 5.51. The van der Waals surface area contributed by atoms with Gasteiger partial charge in [0.05, 0.1) is 17.4 Å². The van der Waals surface area contributed by atoms with E-state index in [9.17, 15) is 10.1 Å². The summed E-state index contributed by atoms with van der Waals surface area (Å²) < 4.78 is 0. The van der Waals surface area contributed by atoms with Crippen LogP contribution in [0.15, 0.2) is 22.5 Å². The maximum atomic E-state index is 13.0. The average Bonchev–Trinajstić information content (AvgIpc) is 3.19. The number of aromatic nitrogens is 1. The van der Waals surface area contributed by atoms with Gasteiger partial charge in [-0.05, 0) is 67.2 Å². The van der Waals surface area contributed by atoms with E-state index < -0.39 is 0 Å². The number of hydrogen-bond donors (Lipinski definition) is 0. The first kappa shape index (κ1) is 18.5. The number of aryl methyl sites for hydroxylation is 2. The second-order valence-electron chi connectivity index (χ2n) is 7.11. The van der Waals surface area contributed by atoms with Crippen LogP contribution in [0.3, 0.4) is 0 Å². The van der Waals surface area contributed by atoms with Crippen LogP contribution >= 0.6 is 23.1 Å². The molecule has 0 saturated carbocycles. The molecule has 1 atom stereocenters. The van der Waals surface area contributed by atoms with E-state index in [1.165, 1.54) is 34.2 Å². The molecular formula is C21H23N3OS2. The number of thioether (sulfide) groups is 1. The van der Waals surface area contributed by atoms with E-state index >= 15 is 0 Å². The van der Waals surface area contributed by atoms with Gasteiger partial charge < -0.3 is 4.90 Å². The molecule has 1 unspecified atom stereocenters. The highest BCUT2D eigenvalue weighted by Gasteiger charge is 2.30. The first-order valence-electron chi connectivity index (χ1n) is 9.62. The first-order chi connectivity index (χ1) is 13.2. The van der Waals surface area contributed by atoms with E-state index in [2.05, 4.69) is 24.4 Å². The highest BCUT2D eigenvalue weighted by atomic mass is 32.2. The Morgan fingerprint density at radius 1 is 1.41 bits per heavy atom. The molecule has 0 saturated heterocycles. The molecule has 0 N–H and O–H groups in total. The number of nitrogens with zero attached hydrogens (tertiary/aromatic N) is 3. The zero-order valence-electron chi connectivity index (χ0n) is 15.5. The van der Waals surface area contributed by atoms with Crippen molar-refractivity contribution in [2.75, 3.05) is 12.3 Å². The summed E-state index contributed by atoms with van der Waals surface area (Å²) in [5, 5.41) is 12.3. The summed E-state index contributed by atoms with van der Waals surface area (Å²) in [7, 11) is 0. The van der Waals surface area contributed by atoms with E-state index in [0.29, 0.717) is 16.3 Å². The van der Waals surface area contributed by atoms with Crippen LogP contribution in [0.5, 0.6) is 0 Å². The van der Waals surface area contributed by atoms with Crippen LogP contribution < -0.4 is 0 Å². The highest BCUT2D eigenvalue weighted by molar-refractivity contribution is 8.00. The van der Waals surface area contributed by atoms with Crippen LogP contribution in [0.2, 0.25) is 0 Å². The van der Waals surface area contributed by atoms with Gasteiger partial charge in [-0.25, -0.2) is 4.98 Å². The third-order valence-corrected chi connectivity index (χ3v) is 7.49. The molecule has 140 valence electrons. The van der Waals surface area contributed by atoms with Crippen molar-refractivity contribution >= 4 is 29.0 Å². The number of thiophene rings is 1. The molecule has 0 bridgehead atoms. The molecule has 2 aromatic rings. The molecule has 6 heteroatoms. The molecule has 27 heavy (non-hydrogen) atoms. The Balaban J connectivity index is 1.49. The molecule has 1 aliphatic carbocycles. The Bertz CT molecular complexity index is 899. The second kappa shape index (κ2) is 8.04. The van der Waals surface area contributed by atoms with Crippen LogP contribution in [-0.4, -0.2) is 28.1 Å². The lowest BCUT2D eigenvalue weighted by Crippen LogP contribution is -2.40. The van der Waals surface area contributed by atoms with Crippen molar-refractivity contribution in [3.8, 4) is 6.07 Å². The van der Waals surface area contributed by atoms with Crippen molar-refractivity contribution in [3.05, 3.63) is 44.8 Å². The normalized spacial score (nSPS) is 18.5. The molecule has 3 heterocycles. The Labute approximate surface area is 168 Å². The summed E-state index contributed by atoms with van der Waals surface area (Å²) in [4.78, 5) is 21.1. The minimum absolute atomic E-state index is 0.145. The average molecular weight is 398 g/mol. The third kappa shape index (κ3) is 3.63. The van der Waals surface area contributed by atoms with Gasteiger partial charge in [-0.2, -0.15) is 5.26 Å². The zero-order chi connectivity index (χ0) is 18.8. The lowest BCUT2D eigenvalue weighted by molar-refractivity contribution is -0.131. The number of amides is 1. The van der Waals surface area contributed by atoms with Gasteiger partial charge in [-0.15, -0.1) is 11.3 Å². The van der Waals surface area contributed by atoms with Gasteiger partial charge in [0, 0.05) is 17.1 Å². The molecular weight excluding hydrogens is 374 g/mol. The lowest BCUT2D eigenvalue weighted by Gasteiger charge is -2.35. The molecule has 0 radical (unpaired) electrons. The molecule has 2 aromatic heterocycles. The number of pyridine rings is 1. The van der Waals surface area contributed by atoms with Crippen LogP contribution in [0.25, 0.3) is 0 Å². The topological polar surface area (TPSA) is 57.0 Å². The third-order valence-electron chi connectivity index (χ3n) is 5.52. The van der Waals surface area contributed by atoms with Gasteiger partial charge >= 0.3 is 0 Å². The smallest absolute Gasteiger partial charge is 0.233 e. The van der Waals surface area contributed by atoms with Crippen LogP contribution in [-0.2, 0) is 24.1 Å². The van der Waals surface area contributed by atoms with E-state index in [1.807, 2.05) is 11.0 Å². The van der Waals surface area contributed by atoms with Crippen molar-refractivity contribution in [2.24, 2.45) is 0 Å². The van der Waals surface area contributed by atoms with Gasteiger partial charge in [-0.1, -0.05) is 18.7 Å². The van der Waals surface area contributed by atoms with Gasteiger partial charge in [0.25, 0.3) is 0 Å². The fraction of sp³-hybridized carbons (Fsp3) is 0.476. The van der Waals surface area contributed by atoms with Gasteiger partial charge in [0.2, 0.25) is 5.91 Å². The van der Waals surface area contributed by atoms with E-state index in [4.69, 9.17) is 4.98 Å². The predicted octanol–water partition coefficient (Wildman–Crippen LogP) is 4.52. The number of carbonyl (C=O) groups excluding carboxylic acids is 1. The molecule has 4 nitrogen and oxygen atoms in total. The van der Waals surface area contributed by atoms with Crippen LogP contribution in [0.1, 0.15) is 59.5 Å². The molecule has 0 spiro atoms. The maximum absolute atomic E-state index is 13.0. The largest absolute Gasteiger partial charge is 0.335 e. The molecule has 0 aromatic carbocycles. The summed E-state index contributed by atoms with van der Waals surface area (Å²) in [6.07, 6.45) is 6.19. The van der Waals surface area contributed by atoms with Gasteiger partial charge in [-0.3, -0.25) is 4.79 Å². The van der Waals surface area contributed by atoms with Crippen LogP contribution in [0, 0.1) is 11.3 Å². The quantitative estimate of drug-likeness (QED) is 0.712. The Hall–Kier alpha value is -1.84. The van der Waals surface area contributed by atoms with Crippen molar-refractivity contribution < 1.29 is 4.79 Å². The summed E-state index contributed by atoms with van der Waals surface area (Å²) in [5.41, 5.74) is 4.25. The fourth-order valence-electron chi connectivity index (χ4n) is 4.15. The molecule has 1 aliphatic heterocycles.